The fraction of sp³-hybridized carbons (Fsp3) is 0.625. The highest BCUT2D eigenvalue weighted by molar-refractivity contribution is 5.25. The van der Waals surface area contributed by atoms with Crippen molar-refractivity contribution in [3.05, 3.63) is 35.1 Å². The average molecular weight is 277 g/mol. The third-order valence-electron chi connectivity index (χ3n) is 4.66. The Bertz CT molecular complexity index is 463. The van der Waals surface area contributed by atoms with E-state index in [1.807, 2.05) is 6.07 Å². The van der Waals surface area contributed by atoms with Gasteiger partial charge in [0, 0.05) is 44.3 Å². The molecule has 0 saturated carbocycles. The number of piperazine rings is 1. The summed E-state index contributed by atoms with van der Waals surface area (Å²) in [4.78, 5) is 5.00. The summed E-state index contributed by atoms with van der Waals surface area (Å²) in [6.45, 7) is 5.68. The standard InChI is InChI=1S/C16H24FN3/c17-16-5-4-13(10-18)9-14(16)11-19-7-8-20-6-2-1-3-15(20)12-19/h4-5,9,15H,1-3,6-8,10-12,18H2. The van der Waals surface area contributed by atoms with E-state index in [1.54, 1.807) is 12.1 Å². The molecule has 110 valence electrons. The first-order valence-corrected chi connectivity index (χ1v) is 7.70. The highest BCUT2D eigenvalue weighted by Crippen LogP contribution is 2.22. The lowest BCUT2D eigenvalue weighted by Crippen LogP contribution is -2.54. The van der Waals surface area contributed by atoms with Gasteiger partial charge in [-0.3, -0.25) is 9.80 Å². The summed E-state index contributed by atoms with van der Waals surface area (Å²) in [6.07, 6.45) is 3.97. The lowest BCUT2D eigenvalue weighted by molar-refractivity contribution is 0.0452. The second-order valence-electron chi connectivity index (χ2n) is 6.05. The Morgan fingerprint density at radius 2 is 2.10 bits per heavy atom. The first kappa shape index (κ1) is 14.0. The maximum Gasteiger partial charge on any atom is 0.127 e. The number of halogens is 1. The Balaban J connectivity index is 1.66. The van der Waals surface area contributed by atoms with Gasteiger partial charge in [0.1, 0.15) is 5.82 Å². The van der Waals surface area contributed by atoms with Crippen molar-refractivity contribution in [1.29, 1.82) is 0 Å². The van der Waals surface area contributed by atoms with Gasteiger partial charge >= 0.3 is 0 Å². The summed E-state index contributed by atoms with van der Waals surface area (Å²) in [7, 11) is 0. The minimum absolute atomic E-state index is 0.103. The summed E-state index contributed by atoms with van der Waals surface area (Å²) in [5.41, 5.74) is 7.45. The number of rotatable bonds is 3. The first-order valence-electron chi connectivity index (χ1n) is 7.70. The number of piperidine rings is 1. The third kappa shape index (κ3) is 3.03. The summed E-state index contributed by atoms with van der Waals surface area (Å²) < 4.78 is 13.9. The molecule has 0 radical (unpaired) electrons. The largest absolute Gasteiger partial charge is 0.326 e. The molecule has 0 bridgehead atoms. The zero-order valence-corrected chi connectivity index (χ0v) is 12.0. The van der Waals surface area contributed by atoms with Crippen LogP contribution in [-0.4, -0.2) is 42.0 Å². The molecule has 2 saturated heterocycles. The van der Waals surface area contributed by atoms with Crippen LogP contribution < -0.4 is 5.73 Å². The molecular formula is C16H24FN3. The van der Waals surface area contributed by atoms with Crippen molar-refractivity contribution in [2.24, 2.45) is 5.73 Å². The first-order chi connectivity index (χ1) is 9.76. The predicted octanol–water partition coefficient (Wildman–Crippen LogP) is 1.95. The van der Waals surface area contributed by atoms with E-state index in [1.165, 1.54) is 25.8 Å². The molecule has 0 aromatic heterocycles. The van der Waals surface area contributed by atoms with Crippen LogP contribution in [0.4, 0.5) is 4.39 Å². The van der Waals surface area contributed by atoms with Crippen molar-refractivity contribution in [2.45, 2.75) is 38.4 Å². The zero-order chi connectivity index (χ0) is 13.9. The molecule has 3 rings (SSSR count). The van der Waals surface area contributed by atoms with Gasteiger partial charge in [0.05, 0.1) is 0 Å². The van der Waals surface area contributed by atoms with Crippen molar-refractivity contribution < 1.29 is 4.39 Å². The van der Waals surface area contributed by atoms with E-state index in [2.05, 4.69) is 9.80 Å². The van der Waals surface area contributed by atoms with Gasteiger partial charge in [-0.2, -0.15) is 0 Å². The predicted molar refractivity (Wildman–Crippen MR) is 78.8 cm³/mol. The molecule has 1 unspecified atom stereocenters. The van der Waals surface area contributed by atoms with Crippen LogP contribution in [0.1, 0.15) is 30.4 Å². The Labute approximate surface area is 120 Å². The molecule has 0 spiro atoms. The monoisotopic (exact) mass is 277 g/mol. The lowest BCUT2D eigenvalue weighted by atomic mass is 9.99. The number of hydrogen-bond acceptors (Lipinski definition) is 3. The molecule has 2 aliphatic heterocycles. The van der Waals surface area contributed by atoms with Crippen LogP contribution in [0.25, 0.3) is 0 Å². The maximum atomic E-state index is 13.9. The fourth-order valence-corrected chi connectivity index (χ4v) is 3.48. The van der Waals surface area contributed by atoms with E-state index in [9.17, 15) is 4.39 Å². The van der Waals surface area contributed by atoms with Crippen LogP contribution in [0.5, 0.6) is 0 Å². The molecule has 1 aromatic rings. The SMILES string of the molecule is NCc1ccc(F)c(CN2CCN3CCCCC3C2)c1. The van der Waals surface area contributed by atoms with E-state index >= 15 is 0 Å². The molecule has 2 heterocycles. The normalized spacial score (nSPS) is 24.6. The highest BCUT2D eigenvalue weighted by atomic mass is 19.1. The number of hydrogen-bond donors (Lipinski definition) is 1. The number of benzene rings is 1. The lowest BCUT2D eigenvalue weighted by Gasteiger charge is -2.44. The smallest absolute Gasteiger partial charge is 0.127 e. The summed E-state index contributed by atoms with van der Waals surface area (Å²) in [6, 6.07) is 5.92. The van der Waals surface area contributed by atoms with Crippen molar-refractivity contribution >= 4 is 0 Å². The fourth-order valence-electron chi connectivity index (χ4n) is 3.48. The molecule has 20 heavy (non-hydrogen) atoms. The second kappa shape index (κ2) is 6.20. The third-order valence-corrected chi connectivity index (χ3v) is 4.66. The number of nitrogens with two attached hydrogens (primary N) is 1. The molecule has 3 nitrogen and oxygen atoms in total. The molecule has 2 N–H and O–H groups in total. The molecule has 2 aliphatic rings. The van der Waals surface area contributed by atoms with Gasteiger partial charge in [-0.15, -0.1) is 0 Å². The molecule has 1 atom stereocenters. The van der Waals surface area contributed by atoms with Gasteiger partial charge < -0.3 is 5.73 Å². The van der Waals surface area contributed by atoms with E-state index in [0.717, 1.165) is 30.8 Å². The van der Waals surface area contributed by atoms with Crippen LogP contribution in [0.3, 0.4) is 0 Å². The van der Waals surface area contributed by atoms with Gasteiger partial charge in [-0.1, -0.05) is 18.6 Å². The Morgan fingerprint density at radius 1 is 1.20 bits per heavy atom. The van der Waals surface area contributed by atoms with Crippen LogP contribution >= 0.6 is 0 Å². The molecular weight excluding hydrogens is 253 g/mol. The minimum atomic E-state index is -0.103. The van der Waals surface area contributed by atoms with Gasteiger partial charge in [0.15, 0.2) is 0 Å². The van der Waals surface area contributed by atoms with E-state index in [0.29, 0.717) is 19.1 Å². The van der Waals surface area contributed by atoms with Crippen LogP contribution in [-0.2, 0) is 13.1 Å². The summed E-state index contributed by atoms with van der Waals surface area (Å²) in [5, 5.41) is 0. The van der Waals surface area contributed by atoms with E-state index in [-0.39, 0.29) is 5.82 Å². The van der Waals surface area contributed by atoms with Crippen molar-refractivity contribution in [3.63, 3.8) is 0 Å². The maximum absolute atomic E-state index is 13.9. The topological polar surface area (TPSA) is 32.5 Å². The van der Waals surface area contributed by atoms with Crippen LogP contribution in [0.15, 0.2) is 18.2 Å². The highest BCUT2D eigenvalue weighted by Gasteiger charge is 2.28. The van der Waals surface area contributed by atoms with Crippen molar-refractivity contribution in [3.8, 4) is 0 Å². The van der Waals surface area contributed by atoms with Gasteiger partial charge in [0.2, 0.25) is 0 Å². The quantitative estimate of drug-likeness (QED) is 0.916. The number of nitrogens with zero attached hydrogens (tertiary/aromatic N) is 2. The average Bonchev–Trinajstić information content (AvgIpc) is 2.49. The van der Waals surface area contributed by atoms with Crippen molar-refractivity contribution in [1.82, 2.24) is 9.80 Å². The molecule has 1 aromatic carbocycles. The molecule has 2 fully saturated rings. The molecule has 0 aliphatic carbocycles. The minimum Gasteiger partial charge on any atom is -0.326 e. The van der Waals surface area contributed by atoms with Gasteiger partial charge in [-0.25, -0.2) is 4.39 Å². The molecule has 0 amide bonds. The molecule has 4 heteroatoms. The Hall–Kier alpha value is -0.970. The summed E-state index contributed by atoms with van der Waals surface area (Å²) >= 11 is 0. The van der Waals surface area contributed by atoms with Gasteiger partial charge in [0.25, 0.3) is 0 Å². The van der Waals surface area contributed by atoms with E-state index in [4.69, 9.17) is 5.73 Å². The van der Waals surface area contributed by atoms with Crippen LogP contribution in [0, 0.1) is 5.82 Å². The Morgan fingerprint density at radius 3 is 2.95 bits per heavy atom. The zero-order valence-electron chi connectivity index (χ0n) is 12.0. The van der Waals surface area contributed by atoms with E-state index < -0.39 is 0 Å². The second-order valence-corrected chi connectivity index (χ2v) is 6.05. The van der Waals surface area contributed by atoms with Crippen LogP contribution in [0.2, 0.25) is 0 Å². The summed E-state index contributed by atoms with van der Waals surface area (Å²) in [5.74, 6) is -0.103. The van der Waals surface area contributed by atoms with Crippen molar-refractivity contribution in [2.75, 3.05) is 26.2 Å². The number of fused-ring (bicyclic) bond motifs is 1. The Kier molecular flexibility index (Phi) is 4.34. The van der Waals surface area contributed by atoms with Gasteiger partial charge in [-0.05, 0) is 31.0 Å².